The summed E-state index contributed by atoms with van der Waals surface area (Å²) < 4.78 is 5.35. The number of nitrogens with zero attached hydrogens (tertiary/aromatic N) is 3. The molecule has 1 atom stereocenters. The number of carbonyl (C=O) groups is 1. The summed E-state index contributed by atoms with van der Waals surface area (Å²) in [6, 6.07) is 4.12. The molecule has 3 heterocycles. The van der Waals surface area contributed by atoms with Gasteiger partial charge in [-0.2, -0.15) is 4.98 Å². The van der Waals surface area contributed by atoms with Crippen LogP contribution in [-0.2, 0) is 11.2 Å². The van der Waals surface area contributed by atoms with Gasteiger partial charge in [0.2, 0.25) is 11.8 Å². The molecule has 1 amide bonds. The number of aromatic nitrogens is 2. The molecular weight excluding hydrogens is 298 g/mol. The van der Waals surface area contributed by atoms with Crippen LogP contribution in [0.25, 0.3) is 0 Å². The normalized spacial score (nSPS) is 21.5. The van der Waals surface area contributed by atoms with Crippen molar-refractivity contribution in [3.05, 3.63) is 34.1 Å². The second-order valence-corrected chi connectivity index (χ2v) is 7.12. The van der Waals surface area contributed by atoms with Crippen LogP contribution in [0.5, 0.6) is 0 Å². The highest BCUT2D eigenvalue weighted by molar-refractivity contribution is 7.09. The van der Waals surface area contributed by atoms with E-state index in [9.17, 15) is 4.79 Å². The van der Waals surface area contributed by atoms with E-state index in [0.29, 0.717) is 18.2 Å². The Balaban J connectivity index is 1.42. The molecule has 2 aromatic rings. The minimum atomic E-state index is 0.00656. The topological polar surface area (TPSA) is 59.2 Å². The Bertz CT molecular complexity index is 648. The van der Waals surface area contributed by atoms with Crippen molar-refractivity contribution in [2.45, 2.75) is 50.5 Å². The Morgan fingerprint density at radius 2 is 2.32 bits per heavy atom. The van der Waals surface area contributed by atoms with Crippen LogP contribution in [0.1, 0.15) is 60.7 Å². The molecule has 0 spiro atoms. The molecule has 0 aromatic carbocycles. The number of amides is 1. The maximum absolute atomic E-state index is 12.5. The minimum Gasteiger partial charge on any atom is -0.339 e. The van der Waals surface area contributed by atoms with Crippen molar-refractivity contribution in [3.63, 3.8) is 0 Å². The molecular formula is C16H19N3O2S. The molecule has 0 unspecified atom stereocenters. The first-order valence-corrected chi connectivity index (χ1v) is 8.84. The summed E-state index contributed by atoms with van der Waals surface area (Å²) in [5.41, 5.74) is 0. The van der Waals surface area contributed by atoms with Crippen LogP contribution in [0.2, 0.25) is 0 Å². The summed E-state index contributed by atoms with van der Waals surface area (Å²) in [5.74, 6) is 2.12. The Kier molecular flexibility index (Phi) is 3.70. The lowest BCUT2D eigenvalue weighted by Gasteiger charge is -2.22. The van der Waals surface area contributed by atoms with Crippen molar-refractivity contribution in [2.75, 3.05) is 6.54 Å². The number of thiophene rings is 1. The highest BCUT2D eigenvalue weighted by Gasteiger charge is 2.35. The van der Waals surface area contributed by atoms with Gasteiger partial charge in [-0.3, -0.25) is 4.79 Å². The van der Waals surface area contributed by atoms with E-state index in [1.54, 1.807) is 11.3 Å². The molecule has 116 valence electrons. The molecule has 22 heavy (non-hydrogen) atoms. The molecule has 2 fully saturated rings. The van der Waals surface area contributed by atoms with Crippen molar-refractivity contribution < 1.29 is 9.32 Å². The van der Waals surface area contributed by atoms with E-state index in [1.807, 2.05) is 11.0 Å². The number of carbonyl (C=O) groups excluding carboxylic acids is 1. The maximum atomic E-state index is 12.5. The van der Waals surface area contributed by atoms with Crippen molar-refractivity contribution in [1.29, 1.82) is 0 Å². The molecule has 1 saturated heterocycles. The van der Waals surface area contributed by atoms with Gasteiger partial charge in [-0.1, -0.05) is 11.2 Å². The zero-order valence-corrected chi connectivity index (χ0v) is 13.2. The Labute approximate surface area is 133 Å². The van der Waals surface area contributed by atoms with Gasteiger partial charge in [0.25, 0.3) is 0 Å². The summed E-state index contributed by atoms with van der Waals surface area (Å²) in [6.07, 6.45) is 5.63. The van der Waals surface area contributed by atoms with Crippen LogP contribution in [0.4, 0.5) is 0 Å². The third kappa shape index (κ3) is 2.79. The lowest BCUT2D eigenvalue weighted by atomic mass is 10.2. The Hall–Kier alpha value is -1.69. The van der Waals surface area contributed by atoms with Gasteiger partial charge in [-0.05, 0) is 43.6 Å². The van der Waals surface area contributed by atoms with Crippen LogP contribution >= 0.6 is 11.3 Å². The molecule has 2 aromatic heterocycles. The highest BCUT2D eigenvalue weighted by atomic mass is 32.1. The van der Waals surface area contributed by atoms with Crippen molar-refractivity contribution in [3.8, 4) is 0 Å². The second-order valence-electron chi connectivity index (χ2n) is 6.09. The molecule has 5 nitrogen and oxygen atoms in total. The fraction of sp³-hybridized carbons (Fsp3) is 0.562. The zero-order chi connectivity index (χ0) is 14.9. The molecule has 0 N–H and O–H groups in total. The van der Waals surface area contributed by atoms with Crippen LogP contribution in [0, 0.1) is 0 Å². The summed E-state index contributed by atoms with van der Waals surface area (Å²) in [6.45, 7) is 0.807. The zero-order valence-electron chi connectivity index (χ0n) is 12.4. The van der Waals surface area contributed by atoms with Gasteiger partial charge < -0.3 is 9.42 Å². The summed E-state index contributed by atoms with van der Waals surface area (Å²) in [5, 5.41) is 6.18. The third-order valence-corrected chi connectivity index (χ3v) is 5.36. The van der Waals surface area contributed by atoms with Gasteiger partial charge in [0.15, 0.2) is 5.82 Å². The van der Waals surface area contributed by atoms with Gasteiger partial charge >= 0.3 is 0 Å². The van der Waals surface area contributed by atoms with Crippen LogP contribution in [0.15, 0.2) is 22.0 Å². The number of likely N-dealkylation sites (tertiary alicyclic amines) is 1. The maximum Gasteiger partial charge on any atom is 0.229 e. The van der Waals surface area contributed by atoms with E-state index in [2.05, 4.69) is 21.6 Å². The summed E-state index contributed by atoms with van der Waals surface area (Å²) >= 11 is 1.71. The lowest BCUT2D eigenvalue weighted by Crippen LogP contribution is -2.31. The van der Waals surface area contributed by atoms with Crippen molar-refractivity contribution in [2.24, 2.45) is 0 Å². The molecule has 6 heteroatoms. The van der Waals surface area contributed by atoms with Crippen LogP contribution in [0.3, 0.4) is 0 Å². The standard InChI is InChI=1S/C16H19N3O2S/c20-14(8-7-12-3-2-10-22-12)19-9-1-4-13(19)15-17-16(21-18-15)11-5-6-11/h2-3,10-11,13H,1,4-9H2/t13-/m0/s1. The number of rotatable bonds is 5. The van der Waals surface area contributed by atoms with Gasteiger partial charge in [-0.15, -0.1) is 11.3 Å². The molecule has 0 radical (unpaired) electrons. The quantitative estimate of drug-likeness (QED) is 0.849. The molecule has 1 aliphatic heterocycles. The molecule has 4 rings (SSSR count). The van der Waals surface area contributed by atoms with E-state index in [1.165, 1.54) is 4.88 Å². The fourth-order valence-electron chi connectivity index (χ4n) is 3.04. The van der Waals surface area contributed by atoms with E-state index in [0.717, 1.165) is 44.5 Å². The molecule has 2 aliphatic rings. The van der Waals surface area contributed by atoms with Crippen molar-refractivity contribution >= 4 is 17.2 Å². The molecule has 1 aliphatic carbocycles. The van der Waals surface area contributed by atoms with Crippen LogP contribution in [-0.4, -0.2) is 27.5 Å². The van der Waals surface area contributed by atoms with Crippen molar-refractivity contribution in [1.82, 2.24) is 15.0 Å². The van der Waals surface area contributed by atoms with Gasteiger partial charge in [0, 0.05) is 23.8 Å². The van der Waals surface area contributed by atoms with Crippen LogP contribution < -0.4 is 0 Å². The monoisotopic (exact) mass is 317 g/mol. The molecule has 1 saturated carbocycles. The summed E-state index contributed by atoms with van der Waals surface area (Å²) in [4.78, 5) is 20.3. The number of hydrogen-bond acceptors (Lipinski definition) is 5. The Morgan fingerprint density at radius 3 is 3.09 bits per heavy atom. The first-order chi connectivity index (χ1) is 10.8. The van der Waals surface area contributed by atoms with Gasteiger partial charge in [0.1, 0.15) is 0 Å². The van der Waals surface area contributed by atoms with Gasteiger partial charge in [-0.25, -0.2) is 0 Å². The third-order valence-electron chi connectivity index (χ3n) is 4.42. The number of aryl methyl sites for hydroxylation is 1. The fourth-order valence-corrected chi connectivity index (χ4v) is 3.75. The summed E-state index contributed by atoms with van der Waals surface area (Å²) in [7, 11) is 0. The predicted molar refractivity (Wildman–Crippen MR) is 82.6 cm³/mol. The second kappa shape index (κ2) is 5.83. The molecule has 0 bridgehead atoms. The van der Waals surface area contributed by atoms with E-state index in [4.69, 9.17) is 4.52 Å². The number of hydrogen-bond donors (Lipinski definition) is 0. The van der Waals surface area contributed by atoms with E-state index in [-0.39, 0.29) is 11.9 Å². The van der Waals surface area contributed by atoms with Gasteiger partial charge in [0.05, 0.1) is 6.04 Å². The largest absolute Gasteiger partial charge is 0.339 e. The van der Waals surface area contributed by atoms with E-state index < -0.39 is 0 Å². The minimum absolute atomic E-state index is 0.00656. The average Bonchev–Trinajstić information content (AvgIpc) is 3.02. The first-order valence-electron chi connectivity index (χ1n) is 7.96. The lowest BCUT2D eigenvalue weighted by molar-refractivity contribution is -0.132. The first kappa shape index (κ1) is 13.9. The highest BCUT2D eigenvalue weighted by Crippen LogP contribution is 2.40. The smallest absolute Gasteiger partial charge is 0.229 e. The Morgan fingerprint density at radius 1 is 1.41 bits per heavy atom. The average molecular weight is 317 g/mol. The SMILES string of the molecule is O=C(CCc1cccs1)N1CCC[C@H]1c1noc(C2CC2)n1. The predicted octanol–water partition coefficient (Wildman–Crippen LogP) is 3.30. The van der Waals surface area contributed by atoms with E-state index >= 15 is 0 Å².